The van der Waals surface area contributed by atoms with Crippen molar-refractivity contribution < 1.29 is 5.11 Å². The van der Waals surface area contributed by atoms with Gasteiger partial charge in [0, 0.05) is 18.8 Å². The first-order chi connectivity index (χ1) is 9.00. The molecule has 1 aliphatic carbocycles. The molecule has 108 valence electrons. The largest absolute Gasteiger partial charge is 0.389 e. The molecule has 0 aliphatic heterocycles. The fourth-order valence-corrected chi connectivity index (χ4v) is 2.79. The Morgan fingerprint density at radius 1 is 1.37 bits per heavy atom. The lowest BCUT2D eigenvalue weighted by Crippen LogP contribution is -2.46. The highest BCUT2D eigenvalue weighted by atomic mass is 16.3. The molecule has 0 bridgehead atoms. The van der Waals surface area contributed by atoms with Crippen LogP contribution < -0.4 is 5.32 Å². The van der Waals surface area contributed by atoms with Gasteiger partial charge in [-0.3, -0.25) is 4.68 Å². The molecule has 0 radical (unpaired) electrons. The van der Waals surface area contributed by atoms with Crippen LogP contribution in [0.25, 0.3) is 0 Å². The van der Waals surface area contributed by atoms with Gasteiger partial charge in [-0.25, -0.2) is 0 Å². The molecule has 2 atom stereocenters. The summed E-state index contributed by atoms with van der Waals surface area (Å²) in [6, 6.07) is 0.589. The van der Waals surface area contributed by atoms with E-state index in [1.807, 2.05) is 10.9 Å². The monoisotopic (exact) mass is 265 g/mol. The van der Waals surface area contributed by atoms with Crippen molar-refractivity contribution in [2.75, 3.05) is 6.54 Å². The Morgan fingerprint density at radius 3 is 2.63 bits per heavy atom. The number of nitrogens with one attached hydrogen (secondary N) is 1. The summed E-state index contributed by atoms with van der Waals surface area (Å²) in [5.41, 5.74) is 0.691. The van der Waals surface area contributed by atoms with Crippen LogP contribution in [0.1, 0.15) is 57.6 Å². The molecule has 19 heavy (non-hydrogen) atoms. The van der Waals surface area contributed by atoms with Gasteiger partial charge in [-0.1, -0.05) is 19.3 Å². The second-order valence-corrected chi connectivity index (χ2v) is 6.19. The summed E-state index contributed by atoms with van der Waals surface area (Å²) < 4.78 is 2.00. The van der Waals surface area contributed by atoms with E-state index in [1.54, 1.807) is 0 Å². The van der Waals surface area contributed by atoms with Crippen LogP contribution in [0.15, 0.2) is 12.4 Å². The average molecular weight is 265 g/mol. The van der Waals surface area contributed by atoms with Crippen molar-refractivity contribution in [3.63, 3.8) is 0 Å². The van der Waals surface area contributed by atoms with E-state index in [0.717, 1.165) is 25.7 Å². The summed E-state index contributed by atoms with van der Waals surface area (Å²) >= 11 is 0. The van der Waals surface area contributed by atoms with Crippen LogP contribution in [0.5, 0.6) is 0 Å². The van der Waals surface area contributed by atoms with Crippen LogP contribution in [0.2, 0.25) is 0 Å². The van der Waals surface area contributed by atoms with Gasteiger partial charge in [0.05, 0.1) is 17.8 Å². The van der Waals surface area contributed by atoms with Gasteiger partial charge in [0.15, 0.2) is 0 Å². The van der Waals surface area contributed by atoms with Crippen LogP contribution >= 0.6 is 0 Å². The Labute approximate surface area is 116 Å². The molecule has 0 aromatic carbocycles. The topological polar surface area (TPSA) is 50.1 Å². The quantitative estimate of drug-likeness (QED) is 0.859. The highest BCUT2D eigenvalue weighted by molar-refractivity contribution is 5.01. The number of rotatable bonds is 5. The summed E-state index contributed by atoms with van der Waals surface area (Å²) in [6.07, 6.45) is 9.39. The number of aliphatic hydroxyl groups is 1. The van der Waals surface area contributed by atoms with Crippen molar-refractivity contribution in [1.29, 1.82) is 0 Å². The van der Waals surface area contributed by atoms with Crippen molar-refractivity contribution in [1.82, 2.24) is 15.1 Å². The van der Waals surface area contributed by atoms with Gasteiger partial charge >= 0.3 is 0 Å². The molecule has 0 spiro atoms. The summed E-state index contributed by atoms with van der Waals surface area (Å²) in [5.74, 6) is 0. The van der Waals surface area contributed by atoms with E-state index >= 15 is 0 Å². The number of aryl methyl sites for hydroxylation is 1. The lowest BCUT2D eigenvalue weighted by atomic mass is 9.84. The first-order valence-corrected chi connectivity index (χ1v) is 7.47. The molecule has 0 unspecified atom stereocenters. The van der Waals surface area contributed by atoms with Crippen LogP contribution in [-0.4, -0.2) is 33.1 Å². The van der Waals surface area contributed by atoms with E-state index in [0.29, 0.717) is 18.6 Å². The van der Waals surface area contributed by atoms with Crippen molar-refractivity contribution in [3.8, 4) is 0 Å². The standard InChI is InChI=1S/C15H27N3O/c1-12-9-17-18(10-12)14(3)13(2)16-11-15(19)7-5-4-6-8-15/h9-10,13-14,16,19H,4-8,11H2,1-3H3/t13-,14-/m1/s1. The minimum absolute atomic E-state index is 0.292. The Kier molecular flexibility index (Phi) is 4.63. The molecule has 1 heterocycles. The molecule has 1 aromatic rings. The van der Waals surface area contributed by atoms with Crippen molar-refractivity contribution >= 4 is 0 Å². The second-order valence-electron chi connectivity index (χ2n) is 6.19. The first kappa shape index (κ1) is 14.5. The molecule has 0 amide bonds. The first-order valence-electron chi connectivity index (χ1n) is 7.47. The Hall–Kier alpha value is -0.870. The van der Waals surface area contributed by atoms with E-state index in [9.17, 15) is 5.11 Å². The minimum Gasteiger partial charge on any atom is -0.389 e. The number of hydrogen-bond donors (Lipinski definition) is 2. The van der Waals surface area contributed by atoms with Gasteiger partial charge < -0.3 is 10.4 Å². The molecule has 1 fully saturated rings. The van der Waals surface area contributed by atoms with E-state index in [1.165, 1.54) is 12.0 Å². The predicted octanol–water partition coefficient (Wildman–Crippen LogP) is 2.43. The van der Waals surface area contributed by atoms with Crippen LogP contribution in [0.4, 0.5) is 0 Å². The average Bonchev–Trinajstić information content (AvgIpc) is 2.83. The molecule has 0 saturated heterocycles. The lowest BCUT2D eigenvalue weighted by Gasteiger charge is -2.34. The third-order valence-corrected chi connectivity index (χ3v) is 4.41. The third kappa shape index (κ3) is 3.80. The van der Waals surface area contributed by atoms with E-state index in [2.05, 4.69) is 37.4 Å². The zero-order chi connectivity index (χ0) is 13.9. The number of aromatic nitrogens is 2. The number of nitrogens with zero attached hydrogens (tertiary/aromatic N) is 2. The maximum absolute atomic E-state index is 10.5. The molecule has 1 saturated carbocycles. The summed E-state index contributed by atoms with van der Waals surface area (Å²) in [7, 11) is 0. The molecule has 1 aromatic heterocycles. The SMILES string of the molecule is Cc1cnn([C@H](C)[C@@H](C)NCC2(O)CCCCC2)c1. The Bertz CT molecular complexity index is 396. The van der Waals surface area contributed by atoms with Crippen LogP contribution in [0, 0.1) is 6.92 Å². The van der Waals surface area contributed by atoms with E-state index < -0.39 is 5.60 Å². The Balaban J connectivity index is 1.85. The highest BCUT2D eigenvalue weighted by Crippen LogP contribution is 2.27. The normalized spacial score (nSPS) is 22.1. The van der Waals surface area contributed by atoms with Gasteiger partial charge in [0.25, 0.3) is 0 Å². The van der Waals surface area contributed by atoms with E-state index in [-0.39, 0.29) is 0 Å². The molecule has 4 heteroatoms. The smallest absolute Gasteiger partial charge is 0.0771 e. The van der Waals surface area contributed by atoms with Crippen LogP contribution in [0.3, 0.4) is 0 Å². The van der Waals surface area contributed by atoms with Gasteiger partial charge in [-0.2, -0.15) is 5.10 Å². The third-order valence-electron chi connectivity index (χ3n) is 4.41. The fourth-order valence-electron chi connectivity index (χ4n) is 2.79. The van der Waals surface area contributed by atoms with Gasteiger partial charge in [0.2, 0.25) is 0 Å². The summed E-state index contributed by atoms with van der Waals surface area (Å²) in [4.78, 5) is 0. The maximum atomic E-state index is 10.5. The fraction of sp³-hybridized carbons (Fsp3) is 0.800. The van der Waals surface area contributed by atoms with Crippen molar-refractivity contribution in [2.24, 2.45) is 0 Å². The summed E-state index contributed by atoms with van der Waals surface area (Å²) in [5, 5.41) is 18.3. The van der Waals surface area contributed by atoms with Gasteiger partial charge in [-0.15, -0.1) is 0 Å². The highest BCUT2D eigenvalue weighted by Gasteiger charge is 2.29. The summed E-state index contributed by atoms with van der Waals surface area (Å²) in [6.45, 7) is 7.07. The molecule has 2 rings (SSSR count). The molecular weight excluding hydrogens is 238 g/mol. The van der Waals surface area contributed by atoms with Gasteiger partial charge in [0.1, 0.15) is 0 Å². The van der Waals surface area contributed by atoms with Crippen molar-refractivity contribution in [2.45, 2.75) is 70.6 Å². The van der Waals surface area contributed by atoms with Gasteiger partial charge in [-0.05, 0) is 39.2 Å². The predicted molar refractivity (Wildman–Crippen MR) is 77.2 cm³/mol. The molecule has 1 aliphatic rings. The minimum atomic E-state index is -0.494. The lowest BCUT2D eigenvalue weighted by molar-refractivity contribution is 0.00181. The van der Waals surface area contributed by atoms with Crippen molar-refractivity contribution in [3.05, 3.63) is 18.0 Å². The van der Waals surface area contributed by atoms with E-state index in [4.69, 9.17) is 0 Å². The molecular formula is C15H27N3O. The van der Waals surface area contributed by atoms with Crippen LogP contribution in [-0.2, 0) is 0 Å². The Morgan fingerprint density at radius 2 is 2.05 bits per heavy atom. The zero-order valence-corrected chi connectivity index (χ0v) is 12.4. The maximum Gasteiger partial charge on any atom is 0.0771 e. The number of hydrogen-bond acceptors (Lipinski definition) is 3. The zero-order valence-electron chi connectivity index (χ0n) is 12.4. The molecule has 2 N–H and O–H groups in total. The molecule has 4 nitrogen and oxygen atoms in total. The second kappa shape index (κ2) is 6.06.